The Hall–Kier alpha value is -3.07. The molecule has 2 fully saturated rings. The van der Waals surface area contributed by atoms with Crippen molar-refractivity contribution in [3.63, 3.8) is 0 Å². The molecule has 0 saturated carbocycles. The van der Waals surface area contributed by atoms with Crippen LogP contribution < -0.4 is 22.7 Å². The van der Waals surface area contributed by atoms with E-state index < -0.39 is 77.0 Å². The van der Waals surface area contributed by atoms with Gasteiger partial charge in [0.2, 0.25) is 5.95 Å². The molecule has 2 aliphatic heterocycles. The van der Waals surface area contributed by atoms with Gasteiger partial charge in [0.05, 0.1) is 19.5 Å². The van der Waals surface area contributed by atoms with Crippen LogP contribution in [-0.4, -0.2) is 86.5 Å². The molecule has 23 heteroatoms. The van der Waals surface area contributed by atoms with Crippen LogP contribution >= 0.6 is 15.6 Å². The third kappa shape index (κ3) is 6.61. The Morgan fingerprint density at radius 3 is 2.36 bits per heavy atom. The zero-order valence-corrected chi connectivity index (χ0v) is 23.1. The van der Waals surface area contributed by atoms with Crippen LogP contribution in [0, 0.1) is 0 Å². The van der Waals surface area contributed by atoms with Crippen molar-refractivity contribution < 1.29 is 52.0 Å². The van der Waals surface area contributed by atoms with Crippen molar-refractivity contribution in [2.24, 2.45) is 0 Å². The smallest absolute Gasteiger partial charge is 0.394 e. The number of aliphatic hydroxyl groups excluding tert-OH is 1. The maximum absolute atomic E-state index is 12.8. The molecule has 0 aromatic carbocycles. The highest BCUT2D eigenvalue weighted by Gasteiger charge is 2.45. The maximum atomic E-state index is 12.8. The number of rotatable bonds is 10. The van der Waals surface area contributed by atoms with Crippen LogP contribution in [0.25, 0.3) is 11.2 Å². The summed E-state index contributed by atoms with van der Waals surface area (Å²) < 4.78 is 53.2. The van der Waals surface area contributed by atoms with Crippen LogP contribution in [-0.2, 0) is 32.2 Å². The summed E-state index contributed by atoms with van der Waals surface area (Å²) in [4.78, 5) is 67.3. The molecule has 9 N–H and O–H groups in total. The quantitative estimate of drug-likeness (QED) is 0.119. The number of hydrogen-bond donors (Lipinski definition) is 7. The average molecular weight is 636 g/mol. The topological polar surface area (TPSA) is 312 Å². The summed E-state index contributed by atoms with van der Waals surface area (Å²) in [5, 5.41) is 9.69. The van der Waals surface area contributed by atoms with Crippen molar-refractivity contribution in [1.29, 1.82) is 0 Å². The first-order valence-electron chi connectivity index (χ1n) is 12.1. The van der Waals surface area contributed by atoms with Gasteiger partial charge in [0.15, 0.2) is 11.2 Å². The molecule has 5 heterocycles. The van der Waals surface area contributed by atoms with E-state index in [1.807, 2.05) is 0 Å². The molecule has 0 bridgehead atoms. The first kappa shape index (κ1) is 30.4. The molecule has 1 unspecified atom stereocenters. The molecular weight excluding hydrogens is 610 g/mol. The second kappa shape index (κ2) is 11.5. The Bertz CT molecular complexity index is 1670. The third-order valence-corrected chi connectivity index (χ3v) is 7.96. The standard InChI is InChI=1S/C19H26N8O13P2/c20-12-1-2-26(19(30)23-12)13-3-8(10(5-28)37-13)40-42(34,35)36-6-11-9(39-41(31,32)33)4-14(38-11)27-7-22-15-16(27)24-18(21)25-17(15)29/h1-2,7-11,13-14,28H,3-6H2,(H,34,35)(H2,20,23,30)(H2,31,32,33)(H3,21,24,25,29)/t8-,9-,10+,11+,13+,14+/m0/s1. The van der Waals surface area contributed by atoms with Gasteiger partial charge in [-0.2, -0.15) is 9.97 Å². The summed E-state index contributed by atoms with van der Waals surface area (Å²) in [5.41, 5.74) is 9.64. The van der Waals surface area contributed by atoms with Gasteiger partial charge in [0.1, 0.15) is 42.7 Å². The summed E-state index contributed by atoms with van der Waals surface area (Å²) in [7, 11) is -9.99. The molecule has 0 radical (unpaired) electrons. The van der Waals surface area contributed by atoms with Gasteiger partial charge in [-0.25, -0.2) is 18.9 Å². The zero-order chi connectivity index (χ0) is 30.4. The lowest BCUT2D eigenvalue weighted by Crippen LogP contribution is -2.30. The Labute approximate surface area is 233 Å². The number of phosphoric acid groups is 2. The van der Waals surface area contributed by atoms with Crippen molar-refractivity contribution in [2.45, 2.75) is 49.7 Å². The van der Waals surface area contributed by atoms with Crippen molar-refractivity contribution in [3.8, 4) is 0 Å². The van der Waals surface area contributed by atoms with Gasteiger partial charge in [-0.05, 0) is 6.07 Å². The van der Waals surface area contributed by atoms with Gasteiger partial charge in [0, 0.05) is 19.0 Å². The minimum absolute atomic E-state index is 0.00940. The molecular formula is C19H26N8O13P2. The maximum Gasteiger partial charge on any atom is 0.472 e. The highest BCUT2D eigenvalue weighted by atomic mass is 31.2. The van der Waals surface area contributed by atoms with Crippen molar-refractivity contribution in [2.75, 3.05) is 24.7 Å². The number of nitrogens with zero attached hydrogens (tertiary/aromatic N) is 5. The first-order chi connectivity index (χ1) is 19.7. The van der Waals surface area contributed by atoms with Crippen LogP contribution in [0.1, 0.15) is 25.3 Å². The SMILES string of the molecule is Nc1ccn([C@H]2C[C@H](OP(=O)(O)OC[C@H]3O[C@@H](n4cnc5c(=O)[nH]c(N)nc54)C[C@@H]3OP(=O)(O)O)[C@@H](CO)O2)c(=O)n1. The fourth-order valence-electron chi connectivity index (χ4n) is 4.62. The number of fused-ring (bicyclic) bond motifs is 1. The lowest BCUT2D eigenvalue weighted by atomic mass is 10.2. The van der Waals surface area contributed by atoms with Crippen molar-refractivity contribution in [3.05, 3.63) is 39.4 Å². The number of aromatic nitrogens is 6. The Balaban J connectivity index is 1.29. The number of nitrogens with one attached hydrogen (secondary N) is 1. The first-order valence-corrected chi connectivity index (χ1v) is 15.1. The number of ether oxygens (including phenoxy) is 2. The zero-order valence-electron chi connectivity index (χ0n) is 21.3. The molecule has 0 spiro atoms. The van der Waals surface area contributed by atoms with Gasteiger partial charge < -0.3 is 40.7 Å². The molecule has 2 saturated heterocycles. The number of aromatic amines is 1. The van der Waals surface area contributed by atoms with Crippen LogP contribution in [0.4, 0.5) is 11.8 Å². The highest BCUT2D eigenvalue weighted by molar-refractivity contribution is 7.47. The lowest BCUT2D eigenvalue weighted by Gasteiger charge is -2.23. The fourth-order valence-corrected chi connectivity index (χ4v) is 6.16. The van der Waals surface area contributed by atoms with Gasteiger partial charge in [-0.1, -0.05) is 0 Å². The highest BCUT2D eigenvalue weighted by Crippen LogP contribution is 2.50. The van der Waals surface area contributed by atoms with Gasteiger partial charge in [0.25, 0.3) is 5.56 Å². The van der Waals surface area contributed by atoms with Crippen LogP contribution in [0.3, 0.4) is 0 Å². The average Bonchev–Trinajstić information content (AvgIpc) is 3.58. The van der Waals surface area contributed by atoms with E-state index in [2.05, 4.69) is 19.9 Å². The predicted octanol–water partition coefficient (Wildman–Crippen LogP) is -1.91. The molecule has 21 nitrogen and oxygen atoms in total. The van der Waals surface area contributed by atoms with E-state index in [4.69, 9.17) is 34.5 Å². The van der Waals surface area contributed by atoms with Crippen LogP contribution in [0.15, 0.2) is 28.2 Å². The largest absolute Gasteiger partial charge is 0.472 e. The number of phosphoric ester groups is 2. The van der Waals surface area contributed by atoms with E-state index in [9.17, 15) is 38.5 Å². The van der Waals surface area contributed by atoms with E-state index in [-0.39, 0.29) is 35.8 Å². The second-order valence-electron chi connectivity index (χ2n) is 9.27. The number of anilines is 2. The summed E-state index contributed by atoms with van der Waals surface area (Å²) >= 11 is 0. The molecule has 3 aromatic rings. The van der Waals surface area contributed by atoms with Gasteiger partial charge in [-0.15, -0.1) is 0 Å². The summed E-state index contributed by atoms with van der Waals surface area (Å²) in [6.07, 6.45) is -4.96. The van der Waals surface area contributed by atoms with Crippen molar-refractivity contribution in [1.82, 2.24) is 29.1 Å². The molecule has 3 aromatic heterocycles. The van der Waals surface area contributed by atoms with E-state index >= 15 is 0 Å². The minimum atomic E-state index is -5.06. The number of aliphatic hydroxyl groups is 1. The number of nitrogen functional groups attached to an aromatic ring is 2. The predicted molar refractivity (Wildman–Crippen MR) is 137 cm³/mol. The molecule has 7 atom stereocenters. The molecule has 5 rings (SSSR count). The van der Waals surface area contributed by atoms with Gasteiger partial charge >= 0.3 is 21.3 Å². The number of hydrogen-bond acceptors (Lipinski definition) is 15. The fraction of sp³-hybridized carbons (Fsp3) is 0.526. The summed E-state index contributed by atoms with van der Waals surface area (Å²) in [5.74, 6) is -0.243. The molecule has 2 aliphatic rings. The number of H-pyrrole nitrogens is 1. The Morgan fingerprint density at radius 1 is 1.02 bits per heavy atom. The van der Waals surface area contributed by atoms with E-state index in [0.29, 0.717) is 0 Å². The van der Waals surface area contributed by atoms with Crippen LogP contribution in [0.5, 0.6) is 0 Å². The number of nitrogens with two attached hydrogens (primary N) is 2. The second-order valence-corrected chi connectivity index (χ2v) is 11.9. The molecule has 0 aliphatic carbocycles. The van der Waals surface area contributed by atoms with Crippen LogP contribution in [0.2, 0.25) is 0 Å². The Morgan fingerprint density at radius 2 is 1.69 bits per heavy atom. The van der Waals surface area contributed by atoms with Crippen molar-refractivity contribution >= 4 is 38.6 Å². The molecule has 0 amide bonds. The Kier molecular flexibility index (Phi) is 8.36. The summed E-state index contributed by atoms with van der Waals surface area (Å²) in [6.45, 7) is -1.38. The number of imidazole rings is 1. The van der Waals surface area contributed by atoms with E-state index in [1.165, 1.54) is 23.2 Å². The minimum Gasteiger partial charge on any atom is -0.394 e. The lowest BCUT2D eigenvalue weighted by molar-refractivity contribution is -0.0560. The molecule has 230 valence electrons. The molecule has 42 heavy (non-hydrogen) atoms. The van der Waals surface area contributed by atoms with E-state index in [1.54, 1.807) is 0 Å². The summed E-state index contributed by atoms with van der Waals surface area (Å²) in [6, 6.07) is 1.34. The monoisotopic (exact) mass is 636 g/mol. The third-order valence-electron chi connectivity index (χ3n) is 6.41. The van der Waals surface area contributed by atoms with E-state index in [0.717, 1.165) is 4.57 Å². The van der Waals surface area contributed by atoms with Gasteiger partial charge in [-0.3, -0.25) is 32.5 Å². The normalized spacial score (nSPS) is 27.9.